The van der Waals surface area contributed by atoms with E-state index < -0.39 is 11.9 Å². The van der Waals surface area contributed by atoms with E-state index in [1.54, 1.807) is 13.1 Å². The molecular weight excluding hydrogens is 272 g/mol. The van der Waals surface area contributed by atoms with Crippen LogP contribution in [0.1, 0.15) is 18.7 Å². The molecule has 82 valence electrons. The monoisotopic (exact) mass is 280 g/mol. The molecule has 16 heavy (non-hydrogen) atoms. The summed E-state index contributed by atoms with van der Waals surface area (Å²) in [5.41, 5.74) is 0.737. The number of carboxylic acids is 1. The number of aliphatic carboxylic acids is 1. The molecule has 1 aromatic heterocycles. The third-order valence-corrected chi connectivity index (χ3v) is 2.98. The molecule has 0 amide bonds. The minimum absolute atomic E-state index is 0.326. The molecule has 1 heterocycles. The molecule has 0 spiro atoms. The van der Waals surface area contributed by atoms with Crippen LogP contribution in [0, 0.1) is 0 Å². The van der Waals surface area contributed by atoms with E-state index in [2.05, 4.69) is 25.9 Å². The molecule has 1 atom stereocenters. The number of para-hydroxylation sites is 1. The Balaban J connectivity index is 2.59. The van der Waals surface area contributed by atoms with Crippen LogP contribution < -0.4 is 0 Å². The van der Waals surface area contributed by atoms with Crippen molar-refractivity contribution in [2.45, 2.75) is 12.8 Å². The van der Waals surface area contributed by atoms with Crippen LogP contribution in [0.25, 0.3) is 10.9 Å². The predicted octanol–water partition coefficient (Wildman–Crippen LogP) is 2.58. The smallest absolute Gasteiger partial charge is 0.313 e. The van der Waals surface area contributed by atoms with Gasteiger partial charge in [0, 0.05) is 16.1 Å². The minimum Gasteiger partial charge on any atom is -0.481 e. The summed E-state index contributed by atoms with van der Waals surface area (Å²) in [5.74, 6) is -1.30. The quantitative estimate of drug-likeness (QED) is 0.919. The third-order valence-electron chi connectivity index (χ3n) is 2.34. The first-order valence-corrected chi connectivity index (χ1v) is 5.53. The van der Waals surface area contributed by atoms with Gasteiger partial charge in [0.2, 0.25) is 0 Å². The lowest BCUT2D eigenvalue weighted by atomic mass is 10.1. The number of benzene rings is 1. The van der Waals surface area contributed by atoms with Crippen molar-refractivity contribution in [3.05, 3.63) is 34.7 Å². The number of carbonyl (C=O) groups is 1. The zero-order valence-electron chi connectivity index (χ0n) is 8.51. The van der Waals surface area contributed by atoms with E-state index in [0.29, 0.717) is 5.82 Å². The van der Waals surface area contributed by atoms with Gasteiger partial charge in [-0.3, -0.25) is 4.79 Å². The summed E-state index contributed by atoms with van der Waals surface area (Å²) >= 11 is 3.38. The van der Waals surface area contributed by atoms with E-state index in [0.717, 1.165) is 15.4 Å². The van der Waals surface area contributed by atoms with E-state index in [1.807, 2.05) is 18.2 Å². The largest absolute Gasteiger partial charge is 0.481 e. The van der Waals surface area contributed by atoms with Crippen molar-refractivity contribution in [2.24, 2.45) is 0 Å². The highest BCUT2D eigenvalue weighted by molar-refractivity contribution is 9.10. The first-order valence-electron chi connectivity index (χ1n) is 4.73. The van der Waals surface area contributed by atoms with E-state index in [-0.39, 0.29) is 0 Å². The van der Waals surface area contributed by atoms with Crippen molar-refractivity contribution < 1.29 is 9.90 Å². The number of hydrogen-bond donors (Lipinski definition) is 1. The molecule has 4 nitrogen and oxygen atoms in total. The van der Waals surface area contributed by atoms with Crippen molar-refractivity contribution in [2.75, 3.05) is 0 Å². The fraction of sp³-hybridized carbons (Fsp3) is 0.182. The Hall–Kier alpha value is -1.49. The molecule has 2 aromatic rings. The standard InChI is InChI=1S/C11H9BrN2O2/c1-6(11(15)16)10-13-5-7-3-2-4-8(12)9(7)14-10/h2-6H,1H3,(H,15,16). The SMILES string of the molecule is CC(C(=O)O)c1ncc2cccc(Br)c2n1. The topological polar surface area (TPSA) is 63.1 Å². The Morgan fingerprint density at radius 1 is 1.50 bits per heavy atom. The highest BCUT2D eigenvalue weighted by Gasteiger charge is 2.17. The first-order chi connectivity index (χ1) is 7.59. The molecule has 0 fully saturated rings. The molecule has 0 aliphatic heterocycles. The molecule has 2 rings (SSSR count). The first kappa shape index (κ1) is 11.0. The fourth-order valence-electron chi connectivity index (χ4n) is 1.35. The van der Waals surface area contributed by atoms with Crippen LogP contribution in [0.2, 0.25) is 0 Å². The van der Waals surface area contributed by atoms with Crippen molar-refractivity contribution in [3.8, 4) is 0 Å². The Morgan fingerprint density at radius 3 is 2.94 bits per heavy atom. The van der Waals surface area contributed by atoms with E-state index in [9.17, 15) is 4.79 Å². The van der Waals surface area contributed by atoms with Gasteiger partial charge in [-0.2, -0.15) is 0 Å². The van der Waals surface area contributed by atoms with Gasteiger partial charge in [-0.15, -0.1) is 0 Å². The lowest BCUT2D eigenvalue weighted by molar-refractivity contribution is -0.138. The molecule has 0 radical (unpaired) electrons. The summed E-state index contributed by atoms with van der Waals surface area (Å²) in [5, 5.41) is 9.77. The lowest BCUT2D eigenvalue weighted by Crippen LogP contribution is -2.11. The number of carboxylic acid groups (broad SMARTS) is 1. The summed E-state index contributed by atoms with van der Waals surface area (Å²) in [7, 11) is 0. The molecule has 1 unspecified atom stereocenters. The molecule has 1 aromatic carbocycles. The van der Waals surface area contributed by atoms with Gasteiger partial charge in [0.1, 0.15) is 11.7 Å². The number of hydrogen-bond acceptors (Lipinski definition) is 3. The van der Waals surface area contributed by atoms with Gasteiger partial charge in [-0.1, -0.05) is 12.1 Å². The average molecular weight is 281 g/mol. The zero-order chi connectivity index (χ0) is 11.7. The number of halogens is 1. The van der Waals surface area contributed by atoms with Crippen LogP contribution in [-0.4, -0.2) is 21.0 Å². The van der Waals surface area contributed by atoms with Gasteiger partial charge in [-0.25, -0.2) is 9.97 Å². The summed E-state index contributed by atoms with van der Waals surface area (Å²) in [4.78, 5) is 19.1. The third kappa shape index (κ3) is 1.90. The van der Waals surface area contributed by atoms with Gasteiger partial charge < -0.3 is 5.11 Å². The second-order valence-corrected chi connectivity index (χ2v) is 4.32. The van der Waals surface area contributed by atoms with Crippen LogP contribution in [0.15, 0.2) is 28.9 Å². The van der Waals surface area contributed by atoms with Gasteiger partial charge in [0.25, 0.3) is 0 Å². The van der Waals surface area contributed by atoms with E-state index >= 15 is 0 Å². The summed E-state index contributed by atoms with van der Waals surface area (Å²) in [6.07, 6.45) is 1.64. The van der Waals surface area contributed by atoms with Crippen LogP contribution in [-0.2, 0) is 4.79 Å². The fourth-order valence-corrected chi connectivity index (χ4v) is 1.82. The highest BCUT2D eigenvalue weighted by Crippen LogP contribution is 2.22. The molecular formula is C11H9BrN2O2. The second-order valence-electron chi connectivity index (χ2n) is 3.47. The predicted molar refractivity (Wildman–Crippen MR) is 63.3 cm³/mol. The van der Waals surface area contributed by atoms with E-state index in [1.165, 1.54) is 0 Å². The number of rotatable bonds is 2. The van der Waals surface area contributed by atoms with Gasteiger partial charge >= 0.3 is 5.97 Å². The van der Waals surface area contributed by atoms with Crippen LogP contribution in [0.4, 0.5) is 0 Å². The van der Waals surface area contributed by atoms with Crippen LogP contribution in [0.5, 0.6) is 0 Å². The summed E-state index contributed by atoms with van der Waals surface area (Å²) < 4.78 is 0.839. The molecule has 0 aliphatic carbocycles. The Morgan fingerprint density at radius 2 is 2.25 bits per heavy atom. The van der Waals surface area contributed by atoms with Gasteiger partial charge in [0.05, 0.1) is 5.52 Å². The maximum absolute atomic E-state index is 10.8. The minimum atomic E-state index is -0.925. The number of fused-ring (bicyclic) bond motifs is 1. The maximum atomic E-state index is 10.8. The Labute approximate surface area is 100 Å². The van der Waals surface area contributed by atoms with Crippen LogP contribution >= 0.6 is 15.9 Å². The van der Waals surface area contributed by atoms with Crippen molar-refractivity contribution in [1.82, 2.24) is 9.97 Å². The van der Waals surface area contributed by atoms with Crippen LogP contribution in [0.3, 0.4) is 0 Å². The molecule has 0 aliphatic rings. The summed E-state index contributed by atoms with van der Waals surface area (Å²) in [6.45, 7) is 1.57. The molecule has 0 bridgehead atoms. The van der Waals surface area contributed by atoms with Gasteiger partial charge in [-0.05, 0) is 28.9 Å². The normalized spacial score (nSPS) is 12.6. The summed E-state index contributed by atoms with van der Waals surface area (Å²) in [6, 6.07) is 5.63. The number of aromatic nitrogens is 2. The maximum Gasteiger partial charge on any atom is 0.313 e. The van der Waals surface area contributed by atoms with Crippen molar-refractivity contribution in [1.29, 1.82) is 0 Å². The zero-order valence-corrected chi connectivity index (χ0v) is 10.1. The molecule has 0 saturated heterocycles. The molecule has 5 heteroatoms. The Bertz CT molecular complexity index is 557. The highest BCUT2D eigenvalue weighted by atomic mass is 79.9. The van der Waals surface area contributed by atoms with Crippen molar-refractivity contribution >= 4 is 32.8 Å². The molecule has 1 N–H and O–H groups in total. The Kier molecular flexibility index (Phi) is 2.87. The van der Waals surface area contributed by atoms with Crippen molar-refractivity contribution in [3.63, 3.8) is 0 Å². The second kappa shape index (κ2) is 4.17. The average Bonchev–Trinajstić information content (AvgIpc) is 2.28. The lowest BCUT2D eigenvalue weighted by Gasteiger charge is -2.06. The number of nitrogens with zero attached hydrogens (tertiary/aromatic N) is 2. The van der Waals surface area contributed by atoms with E-state index in [4.69, 9.17) is 5.11 Å². The molecule has 0 saturated carbocycles. The van der Waals surface area contributed by atoms with Gasteiger partial charge in [0.15, 0.2) is 0 Å².